The first-order valence-electron chi connectivity index (χ1n) is 6.05. The minimum Gasteiger partial charge on any atom is -0.469 e. The summed E-state index contributed by atoms with van der Waals surface area (Å²) in [5.41, 5.74) is -0.666. The van der Waals surface area contributed by atoms with Gasteiger partial charge in [-0.15, -0.1) is 0 Å². The molecular formula is C12H23NO6. The summed E-state index contributed by atoms with van der Waals surface area (Å²) in [5.74, 6) is -0.457. The molecule has 0 fully saturated rings. The number of ether oxygens (including phenoxy) is 2. The van der Waals surface area contributed by atoms with Crippen LogP contribution in [0.2, 0.25) is 0 Å². The Kier molecular flexibility index (Phi) is 7.40. The minimum atomic E-state index is -1.17. The fourth-order valence-electron chi connectivity index (χ4n) is 1.32. The molecule has 0 aromatic rings. The molecule has 0 heterocycles. The molecule has 0 saturated heterocycles. The lowest BCUT2D eigenvalue weighted by Crippen LogP contribution is -2.47. The van der Waals surface area contributed by atoms with Crippen molar-refractivity contribution in [2.45, 2.75) is 51.4 Å². The van der Waals surface area contributed by atoms with Gasteiger partial charge in [0.15, 0.2) is 0 Å². The van der Waals surface area contributed by atoms with Gasteiger partial charge in [-0.1, -0.05) is 0 Å². The van der Waals surface area contributed by atoms with Gasteiger partial charge in [-0.3, -0.25) is 4.79 Å². The summed E-state index contributed by atoms with van der Waals surface area (Å²) in [5, 5.41) is 20.9. The Labute approximate surface area is 112 Å². The summed E-state index contributed by atoms with van der Waals surface area (Å²) in [6, 6.07) is -0.779. The Morgan fingerprint density at radius 1 is 1.32 bits per heavy atom. The number of carbonyl (C=O) groups is 2. The molecular weight excluding hydrogens is 254 g/mol. The van der Waals surface area contributed by atoms with Gasteiger partial charge in [0, 0.05) is 6.42 Å². The Morgan fingerprint density at radius 3 is 2.32 bits per heavy atom. The molecule has 0 aliphatic carbocycles. The van der Waals surface area contributed by atoms with Crippen LogP contribution in [0.1, 0.15) is 33.6 Å². The number of aliphatic hydroxyl groups excluding tert-OH is 2. The van der Waals surface area contributed by atoms with Gasteiger partial charge in [0.2, 0.25) is 0 Å². The van der Waals surface area contributed by atoms with Crippen molar-refractivity contribution in [1.29, 1.82) is 0 Å². The van der Waals surface area contributed by atoms with Crippen molar-refractivity contribution in [3.05, 3.63) is 0 Å². The maximum absolute atomic E-state index is 11.6. The highest BCUT2D eigenvalue weighted by atomic mass is 16.6. The van der Waals surface area contributed by atoms with E-state index in [0.717, 1.165) is 0 Å². The number of hydrogen-bond acceptors (Lipinski definition) is 6. The van der Waals surface area contributed by atoms with Gasteiger partial charge in [-0.25, -0.2) is 4.79 Å². The van der Waals surface area contributed by atoms with E-state index in [1.807, 2.05) is 0 Å². The Morgan fingerprint density at radius 2 is 1.89 bits per heavy atom. The van der Waals surface area contributed by atoms with Gasteiger partial charge in [-0.2, -0.15) is 0 Å². The first-order chi connectivity index (χ1) is 8.69. The third-order valence-electron chi connectivity index (χ3n) is 2.24. The maximum atomic E-state index is 11.6. The number of alkyl carbamates (subject to hydrolysis) is 1. The molecule has 0 bridgehead atoms. The van der Waals surface area contributed by atoms with Crippen molar-refractivity contribution in [2.75, 3.05) is 13.7 Å². The summed E-state index contributed by atoms with van der Waals surface area (Å²) in [7, 11) is 1.25. The molecule has 7 heteroatoms. The highest BCUT2D eigenvalue weighted by Crippen LogP contribution is 2.09. The monoisotopic (exact) mass is 277 g/mol. The fourth-order valence-corrected chi connectivity index (χ4v) is 1.32. The number of amides is 1. The van der Waals surface area contributed by atoms with Crippen molar-refractivity contribution >= 4 is 12.1 Å². The molecule has 19 heavy (non-hydrogen) atoms. The number of esters is 1. The molecule has 0 saturated carbocycles. The molecule has 7 nitrogen and oxygen atoms in total. The molecule has 1 amide bonds. The molecule has 3 N–H and O–H groups in total. The number of carbonyl (C=O) groups excluding carboxylic acids is 2. The van der Waals surface area contributed by atoms with E-state index in [2.05, 4.69) is 10.1 Å². The molecule has 0 aromatic heterocycles. The minimum absolute atomic E-state index is 0.0218. The zero-order chi connectivity index (χ0) is 15.1. The van der Waals surface area contributed by atoms with Crippen LogP contribution in [-0.4, -0.2) is 53.7 Å². The third-order valence-corrected chi connectivity index (χ3v) is 2.24. The van der Waals surface area contributed by atoms with Crippen LogP contribution in [0, 0.1) is 0 Å². The van der Waals surface area contributed by atoms with Gasteiger partial charge < -0.3 is 25.0 Å². The van der Waals surface area contributed by atoms with Crippen LogP contribution in [0.15, 0.2) is 0 Å². The first kappa shape index (κ1) is 17.7. The highest BCUT2D eigenvalue weighted by molar-refractivity contribution is 5.70. The van der Waals surface area contributed by atoms with Gasteiger partial charge in [0.1, 0.15) is 5.60 Å². The lowest BCUT2D eigenvalue weighted by Gasteiger charge is -2.25. The summed E-state index contributed by atoms with van der Waals surface area (Å²) in [4.78, 5) is 22.6. The lowest BCUT2D eigenvalue weighted by atomic mass is 10.1. The second kappa shape index (κ2) is 7.96. The predicted molar refractivity (Wildman–Crippen MR) is 67.5 cm³/mol. The maximum Gasteiger partial charge on any atom is 0.407 e. The topological polar surface area (TPSA) is 105 Å². The number of rotatable bonds is 6. The standard InChI is InChI=1S/C12H23NO6/c1-12(2,3)19-11(17)13-8(9(15)7-14)5-6-10(16)18-4/h8-9,14-15H,5-7H2,1-4H3,(H,13,17)/t8-,9-/m0/s1. The molecule has 0 aliphatic rings. The first-order valence-corrected chi connectivity index (χ1v) is 6.05. The fraction of sp³-hybridized carbons (Fsp3) is 0.833. The van der Waals surface area contributed by atoms with E-state index in [1.165, 1.54) is 7.11 Å². The zero-order valence-corrected chi connectivity index (χ0v) is 11.8. The normalized spacial score (nSPS) is 14.4. The van der Waals surface area contributed by atoms with E-state index in [0.29, 0.717) is 0 Å². The molecule has 0 aromatic carbocycles. The number of nitrogens with one attached hydrogen (secondary N) is 1. The van der Waals surface area contributed by atoms with Crippen LogP contribution in [0.5, 0.6) is 0 Å². The Balaban J connectivity index is 4.43. The van der Waals surface area contributed by atoms with E-state index in [1.54, 1.807) is 20.8 Å². The number of aliphatic hydroxyl groups is 2. The second-order valence-electron chi connectivity index (χ2n) is 5.12. The van der Waals surface area contributed by atoms with Gasteiger partial charge in [0.25, 0.3) is 0 Å². The van der Waals surface area contributed by atoms with Gasteiger partial charge in [-0.05, 0) is 27.2 Å². The Hall–Kier alpha value is -1.34. The largest absolute Gasteiger partial charge is 0.469 e. The number of hydrogen-bond donors (Lipinski definition) is 3. The van der Waals surface area contributed by atoms with Gasteiger partial charge >= 0.3 is 12.1 Å². The van der Waals surface area contributed by atoms with E-state index in [9.17, 15) is 14.7 Å². The van der Waals surface area contributed by atoms with Crippen LogP contribution in [0.25, 0.3) is 0 Å². The van der Waals surface area contributed by atoms with E-state index >= 15 is 0 Å². The summed E-state index contributed by atoms with van der Waals surface area (Å²) < 4.78 is 9.51. The van der Waals surface area contributed by atoms with Crippen molar-refractivity contribution in [3.63, 3.8) is 0 Å². The summed E-state index contributed by atoms with van der Waals surface area (Å²) in [6.45, 7) is 4.59. The average molecular weight is 277 g/mol. The summed E-state index contributed by atoms with van der Waals surface area (Å²) in [6.07, 6.45) is -1.71. The van der Waals surface area contributed by atoms with Crippen molar-refractivity contribution in [1.82, 2.24) is 5.32 Å². The van der Waals surface area contributed by atoms with E-state index in [4.69, 9.17) is 9.84 Å². The van der Waals surface area contributed by atoms with Crippen LogP contribution in [0.3, 0.4) is 0 Å². The van der Waals surface area contributed by atoms with E-state index < -0.39 is 36.4 Å². The molecule has 112 valence electrons. The average Bonchev–Trinajstić information content (AvgIpc) is 2.30. The predicted octanol–water partition coefficient (Wildman–Crippen LogP) is 0.186. The van der Waals surface area contributed by atoms with E-state index in [-0.39, 0.29) is 12.8 Å². The van der Waals surface area contributed by atoms with Crippen molar-refractivity contribution in [3.8, 4) is 0 Å². The molecule has 0 radical (unpaired) electrons. The second-order valence-corrected chi connectivity index (χ2v) is 5.12. The zero-order valence-electron chi connectivity index (χ0n) is 11.8. The SMILES string of the molecule is COC(=O)CC[C@H](NC(=O)OC(C)(C)C)[C@@H](O)CO. The van der Waals surface area contributed by atoms with Crippen LogP contribution in [0.4, 0.5) is 4.79 Å². The molecule has 0 aliphatic heterocycles. The quantitative estimate of drug-likeness (QED) is 0.598. The Bertz CT molecular complexity index is 299. The molecule has 0 unspecified atom stereocenters. The molecule has 0 rings (SSSR count). The van der Waals surface area contributed by atoms with Crippen molar-refractivity contribution < 1.29 is 29.3 Å². The number of methoxy groups -OCH3 is 1. The lowest BCUT2D eigenvalue weighted by molar-refractivity contribution is -0.141. The van der Waals surface area contributed by atoms with Crippen LogP contribution < -0.4 is 5.32 Å². The van der Waals surface area contributed by atoms with Gasteiger partial charge in [0.05, 0.1) is 25.9 Å². The third kappa shape index (κ3) is 8.39. The molecule has 2 atom stereocenters. The highest BCUT2D eigenvalue weighted by Gasteiger charge is 2.24. The van der Waals surface area contributed by atoms with Crippen molar-refractivity contribution in [2.24, 2.45) is 0 Å². The smallest absolute Gasteiger partial charge is 0.407 e. The summed E-state index contributed by atoms with van der Waals surface area (Å²) >= 11 is 0. The van der Waals surface area contributed by atoms with Crippen LogP contribution in [-0.2, 0) is 14.3 Å². The van der Waals surface area contributed by atoms with Crippen LogP contribution >= 0.6 is 0 Å². The molecule has 0 spiro atoms.